The number of carbonyl (C=O) groups is 2. The van der Waals surface area contributed by atoms with Crippen LogP contribution < -0.4 is 10.6 Å². The van der Waals surface area contributed by atoms with Gasteiger partial charge < -0.3 is 10.6 Å². The first kappa shape index (κ1) is 17.9. The molecule has 1 aliphatic rings. The van der Waals surface area contributed by atoms with E-state index in [0.29, 0.717) is 5.69 Å². The first-order valence-electron chi connectivity index (χ1n) is 7.76. The number of halogens is 4. The summed E-state index contributed by atoms with van der Waals surface area (Å²) in [5.41, 5.74) is -1.93. The molecule has 3 rings (SSSR count). The highest BCUT2D eigenvalue weighted by Crippen LogP contribution is 2.47. The second-order valence-electron chi connectivity index (χ2n) is 6.08. The number of nitrogens with one attached hydrogen (secondary N) is 2. The van der Waals surface area contributed by atoms with E-state index in [1.54, 1.807) is 0 Å². The highest BCUT2D eigenvalue weighted by Gasteiger charge is 2.56. The van der Waals surface area contributed by atoms with Gasteiger partial charge >= 0.3 is 6.18 Å². The molecule has 1 saturated carbocycles. The first-order valence-corrected chi connectivity index (χ1v) is 7.76. The molecule has 0 saturated heterocycles. The Morgan fingerprint density at radius 3 is 2.00 bits per heavy atom. The standard InChI is InChI=1S/C18H14F4N2O2/c19-12-4-6-13(7-5-12)23-15(25)17(8-9-17)16(26)24-14-3-1-2-11(10-14)18(20,21)22/h1-7,10H,8-9H2,(H,23,25)(H,24,26). The molecule has 4 nitrogen and oxygen atoms in total. The van der Waals surface area contributed by atoms with Crippen molar-refractivity contribution in [2.45, 2.75) is 19.0 Å². The predicted molar refractivity (Wildman–Crippen MR) is 86.8 cm³/mol. The van der Waals surface area contributed by atoms with Gasteiger partial charge in [-0.2, -0.15) is 13.2 Å². The third-order valence-corrected chi connectivity index (χ3v) is 4.17. The zero-order valence-corrected chi connectivity index (χ0v) is 13.4. The minimum Gasteiger partial charge on any atom is -0.325 e. The molecule has 0 spiro atoms. The lowest BCUT2D eigenvalue weighted by molar-refractivity contribution is -0.137. The van der Waals surface area contributed by atoms with Crippen LogP contribution in [0.1, 0.15) is 18.4 Å². The molecule has 8 heteroatoms. The second-order valence-corrected chi connectivity index (χ2v) is 6.08. The summed E-state index contributed by atoms with van der Waals surface area (Å²) in [6.07, 6.45) is -3.96. The lowest BCUT2D eigenvalue weighted by Crippen LogP contribution is -2.35. The van der Waals surface area contributed by atoms with Crippen molar-refractivity contribution in [2.24, 2.45) is 5.41 Å². The van der Waals surface area contributed by atoms with E-state index in [9.17, 15) is 27.2 Å². The van der Waals surface area contributed by atoms with E-state index in [0.717, 1.165) is 24.3 Å². The van der Waals surface area contributed by atoms with Gasteiger partial charge in [0.25, 0.3) is 0 Å². The van der Waals surface area contributed by atoms with Gasteiger partial charge in [-0.15, -0.1) is 0 Å². The molecule has 0 aromatic heterocycles. The van der Waals surface area contributed by atoms with E-state index in [1.165, 1.54) is 24.3 Å². The normalized spacial score (nSPS) is 15.2. The fourth-order valence-electron chi connectivity index (χ4n) is 2.49. The zero-order valence-electron chi connectivity index (χ0n) is 13.4. The summed E-state index contributed by atoms with van der Waals surface area (Å²) in [5.74, 6) is -1.71. The molecule has 2 amide bonds. The molecule has 136 valence electrons. The summed E-state index contributed by atoms with van der Waals surface area (Å²) >= 11 is 0. The van der Waals surface area contributed by atoms with Crippen molar-refractivity contribution >= 4 is 23.2 Å². The van der Waals surface area contributed by atoms with Crippen molar-refractivity contribution < 1.29 is 27.2 Å². The lowest BCUT2D eigenvalue weighted by Gasteiger charge is -2.16. The van der Waals surface area contributed by atoms with E-state index >= 15 is 0 Å². The van der Waals surface area contributed by atoms with Crippen LogP contribution >= 0.6 is 0 Å². The van der Waals surface area contributed by atoms with Crippen LogP contribution in [-0.2, 0) is 15.8 Å². The van der Waals surface area contributed by atoms with Gasteiger partial charge in [-0.1, -0.05) is 6.07 Å². The molecule has 1 fully saturated rings. The SMILES string of the molecule is O=C(Nc1ccc(F)cc1)C1(C(=O)Nc2cccc(C(F)(F)F)c2)CC1. The molecule has 0 aliphatic heterocycles. The van der Waals surface area contributed by atoms with Crippen molar-refractivity contribution in [1.82, 2.24) is 0 Å². The fourth-order valence-corrected chi connectivity index (χ4v) is 2.49. The van der Waals surface area contributed by atoms with Gasteiger partial charge in [-0.25, -0.2) is 4.39 Å². The summed E-state index contributed by atoms with van der Waals surface area (Å²) in [7, 11) is 0. The Kier molecular flexibility index (Phi) is 4.43. The van der Waals surface area contributed by atoms with Gasteiger partial charge in [0.2, 0.25) is 11.8 Å². The van der Waals surface area contributed by atoms with Crippen LogP contribution in [0.3, 0.4) is 0 Å². The second kappa shape index (κ2) is 6.44. The maximum absolute atomic E-state index is 12.9. The number of amides is 2. The Balaban J connectivity index is 1.71. The van der Waals surface area contributed by atoms with Crippen molar-refractivity contribution in [3.63, 3.8) is 0 Å². The maximum atomic E-state index is 12.9. The van der Waals surface area contributed by atoms with Gasteiger partial charge in [-0.05, 0) is 55.3 Å². The Hall–Kier alpha value is -2.90. The van der Waals surface area contributed by atoms with Gasteiger partial charge in [0.1, 0.15) is 11.2 Å². The molecule has 2 N–H and O–H groups in total. The molecule has 0 radical (unpaired) electrons. The predicted octanol–water partition coefficient (Wildman–Crippen LogP) is 4.20. The lowest BCUT2D eigenvalue weighted by atomic mass is 10.0. The molecule has 0 unspecified atom stereocenters. The van der Waals surface area contributed by atoms with E-state index in [-0.39, 0.29) is 18.5 Å². The van der Waals surface area contributed by atoms with Crippen LogP contribution in [0, 0.1) is 11.2 Å². The van der Waals surface area contributed by atoms with E-state index in [2.05, 4.69) is 10.6 Å². The molecule has 2 aromatic carbocycles. The largest absolute Gasteiger partial charge is 0.416 e. The van der Waals surface area contributed by atoms with Crippen LogP contribution in [0.4, 0.5) is 28.9 Å². The highest BCUT2D eigenvalue weighted by atomic mass is 19.4. The van der Waals surface area contributed by atoms with Gasteiger partial charge in [0.05, 0.1) is 5.56 Å². The Morgan fingerprint density at radius 1 is 0.885 bits per heavy atom. The van der Waals surface area contributed by atoms with Crippen LogP contribution in [-0.4, -0.2) is 11.8 Å². The number of hydrogen-bond donors (Lipinski definition) is 2. The number of anilines is 2. The summed E-state index contributed by atoms with van der Waals surface area (Å²) in [6, 6.07) is 9.24. The minimum atomic E-state index is -4.53. The van der Waals surface area contributed by atoms with E-state index in [1.807, 2.05) is 0 Å². The van der Waals surface area contributed by atoms with Crippen LogP contribution in [0.2, 0.25) is 0 Å². The number of benzene rings is 2. The zero-order chi connectivity index (χ0) is 18.9. The first-order chi connectivity index (χ1) is 12.2. The third kappa shape index (κ3) is 3.68. The monoisotopic (exact) mass is 366 g/mol. The minimum absolute atomic E-state index is 0.0364. The fraction of sp³-hybridized carbons (Fsp3) is 0.222. The molecule has 0 heterocycles. The molecular weight excluding hydrogens is 352 g/mol. The van der Waals surface area contributed by atoms with Crippen molar-refractivity contribution in [2.75, 3.05) is 10.6 Å². The van der Waals surface area contributed by atoms with Crippen LogP contribution in [0.15, 0.2) is 48.5 Å². The summed E-state index contributed by atoms with van der Waals surface area (Å²) < 4.78 is 51.1. The van der Waals surface area contributed by atoms with Crippen molar-refractivity contribution in [3.8, 4) is 0 Å². The highest BCUT2D eigenvalue weighted by molar-refractivity contribution is 6.16. The van der Waals surface area contributed by atoms with Crippen molar-refractivity contribution in [1.29, 1.82) is 0 Å². The molecule has 26 heavy (non-hydrogen) atoms. The van der Waals surface area contributed by atoms with Gasteiger partial charge in [0, 0.05) is 11.4 Å². The van der Waals surface area contributed by atoms with E-state index in [4.69, 9.17) is 0 Å². The topological polar surface area (TPSA) is 58.2 Å². The third-order valence-electron chi connectivity index (χ3n) is 4.17. The molecule has 1 aliphatic carbocycles. The maximum Gasteiger partial charge on any atom is 0.416 e. The molecule has 0 bridgehead atoms. The number of alkyl halides is 3. The van der Waals surface area contributed by atoms with Gasteiger partial charge in [-0.3, -0.25) is 9.59 Å². The van der Waals surface area contributed by atoms with Crippen LogP contribution in [0.25, 0.3) is 0 Å². The summed E-state index contributed by atoms with van der Waals surface area (Å²) in [5, 5.41) is 4.90. The Morgan fingerprint density at radius 2 is 1.46 bits per heavy atom. The van der Waals surface area contributed by atoms with Crippen molar-refractivity contribution in [3.05, 3.63) is 59.9 Å². The average molecular weight is 366 g/mol. The molecule has 0 atom stereocenters. The average Bonchev–Trinajstić information content (AvgIpc) is 3.38. The molecular formula is C18H14F4N2O2. The van der Waals surface area contributed by atoms with E-state index < -0.39 is 34.8 Å². The molecule has 2 aromatic rings. The van der Waals surface area contributed by atoms with Crippen LogP contribution in [0.5, 0.6) is 0 Å². The summed E-state index contributed by atoms with van der Waals surface area (Å²) in [4.78, 5) is 24.8. The van der Waals surface area contributed by atoms with Gasteiger partial charge in [0.15, 0.2) is 0 Å². The Bertz CT molecular complexity index is 843. The number of carbonyl (C=O) groups excluding carboxylic acids is 2. The number of hydrogen-bond acceptors (Lipinski definition) is 2. The summed E-state index contributed by atoms with van der Waals surface area (Å²) in [6.45, 7) is 0. The quantitative estimate of drug-likeness (QED) is 0.629. The smallest absolute Gasteiger partial charge is 0.325 e. The Labute approximate surface area is 146 Å². The number of rotatable bonds is 4.